The van der Waals surface area contributed by atoms with Crippen molar-refractivity contribution >= 4 is 27.6 Å². The van der Waals surface area contributed by atoms with Gasteiger partial charge in [-0.3, -0.25) is 4.79 Å². The average Bonchev–Trinajstić information content (AvgIpc) is 3.30. The van der Waals surface area contributed by atoms with Crippen LogP contribution in [-0.4, -0.2) is 67.5 Å². The molecule has 9 nitrogen and oxygen atoms in total. The Labute approximate surface area is 219 Å². The molecule has 2 amide bonds. The minimum absolute atomic E-state index is 0.0339. The van der Waals surface area contributed by atoms with Crippen LogP contribution in [0.1, 0.15) is 57.7 Å². The van der Waals surface area contributed by atoms with Gasteiger partial charge in [-0.15, -0.1) is 0 Å². The van der Waals surface area contributed by atoms with Crippen molar-refractivity contribution in [1.82, 2.24) is 13.8 Å². The molecule has 1 aliphatic carbocycles. The Hall–Kier alpha value is -3.27. The maximum atomic E-state index is 13.8. The fourth-order valence-electron chi connectivity index (χ4n) is 3.71. The molecule has 1 aromatic heterocycles. The number of hydrogen-bond donors (Lipinski definition) is 0. The Morgan fingerprint density at radius 3 is 2.43 bits per heavy atom. The molecule has 0 N–H and O–H groups in total. The summed E-state index contributed by atoms with van der Waals surface area (Å²) in [5.74, 6) is 0.0442. The maximum Gasteiger partial charge on any atom is 0.410 e. The molecule has 2 aromatic rings. The highest BCUT2D eigenvalue weighted by Gasteiger charge is 2.26. The number of aromatic nitrogens is 1. The van der Waals surface area contributed by atoms with E-state index in [9.17, 15) is 18.0 Å². The predicted octanol–water partition coefficient (Wildman–Crippen LogP) is 4.52. The van der Waals surface area contributed by atoms with Crippen LogP contribution in [0.25, 0.3) is 5.57 Å². The number of benzene rings is 1. The monoisotopic (exact) mass is 531 g/mol. The Morgan fingerprint density at radius 2 is 1.81 bits per heavy atom. The van der Waals surface area contributed by atoms with Gasteiger partial charge in [0.15, 0.2) is 6.61 Å². The van der Waals surface area contributed by atoms with Gasteiger partial charge < -0.3 is 19.3 Å². The van der Waals surface area contributed by atoms with Gasteiger partial charge in [-0.2, -0.15) is 0 Å². The zero-order chi connectivity index (χ0) is 27.4. The lowest BCUT2D eigenvalue weighted by atomic mass is 9.97. The average molecular weight is 532 g/mol. The molecule has 0 aliphatic heterocycles. The Bertz CT molecular complexity index is 1270. The Kier molecular flexibility index (Phi) is 8.73. The molecule has 0 bridgehead atoms. The third-order valence-electron chi connectivity index (χ3n) is 6.33. The second-order valence-electron chi connectivity index (χ2n) is 10.3. The third-order valence-corrected chi connectivity index (χ3v) is 8.00. The van der Waals surface area contributed by atoms with Crippen molar-refractivity contribution in [2.75, 3.05) is 27.7 Å². The van der Waals surface area contributed by atoms with Crippen LogP contribution in [0, 0.1) is 0 Å². The number of carbonyl (C=O) groups excluding carboxylic acids is 2. The van der Waals surface area contributed by atoms with E-state index in [2.05, 4.69) is 6.08 Å². The summed E-state index contributed by atoms with van der Waals surface area (Å²) >= 11 is 0. The highest BCUT2D eigenvalue weighted by molar-refractivity contribution is 7.90. The summed E-state index contributed by atoms with van der Waals surface area (Å²) in [6, 6.07) is 7.87. The number of allylic oxidation sites excluding steroid dienone is 2. The van der Waals surface area contributed by atoms with Gasteiger partial charge in [0.05, 0.1) is 10.6 Å². The van der Waals surface area contributed by atoms with Crippen molar-refractivity contribution in [3.8, 4) is 5.75 Å². The van der Waals surface area contributed by atoms with E-state index in [1.807, 2.05) is 20.8 Å². The zero-order valence-electron chi connectivity index (χ0n) is 22.5. The van der Waals surface area contributed by atoms with Crippen LogP contribution in [0.4, 0.5) is 4.79 Å². The lowest BCUT2D eigenvalue weighted by molar-refractivity contribution is -0.130. The van der Waals surface area contributed by atoms with Crippen molar-refractivity contribution in [2.24, 2.45) is 0 Å². The second kappa shape index (κ2) is 11.4. The van der Waals surface area contributed by atoms with Crippen LogP contribution >= 0.6 is 0 Å². The number of ether oxygens (including phenoxy) is 2. The lowest BCUT2D eigenvalue weighted by Gasteiger charge is -2.30. The summed E-state index contributed by atoms with van der Waals surface area (Å²) in [5, 5.41) is 0. The molecule has 1 heterocycles. The van der Waals surface area contributed by atoms with Gasteiger partial charge in [0.25, 0.3) is 15.9 Å². The smallest absolute Gasteiger partial charge is 0.410 e. The molecule has 1 aliphatic rings. The van der Waals surface area contributed by atoms with Gasteiger partial charge in [0.2, 0.25) is 0 Å². The Balaban J connectivity index is 1.92. The van der Waals surface area contributed by atoms with E-state index in [1.54, 1.807) is 39.3 Å². The molecule has 0 radical (unpaired) electrons. The van der Waals surface area contributed by atoms with Gasteiger partial charge in [0, 0.05) is 44.5 Å². The standard InChI is InChI=1S/C27H37N3O6S/c1-27(2,3)29(6)26(32)36-18-20-15-24(21-11-8-7-9-12-21)30(17-20)37(33,34)23-14-10-13-22(16-23)35-19-25(31)28(4)5/h10-11,13-17H,7-9,12,18-19H2,1-6H3. The number of carbonyl (C=O) groups is 2. The third kappa shape index (κ3) is 6.94. The van der Waals surface area contributed by atoms with Crippen molar-refractivity contribution in [3.63, 3.8) is 0 Å². The summed E-state index contributed by atoms with van der Waals surface area (Å²) in [6.45, 7) is 5.45. The van der Waals surface area contributed by atoms with E-state index < -0.39 is 21.7 Å². The number of likely N-dealkylation sites (N-methyl/N-ethyl adjacent to an activating group) is 1. The van der Waals surface area contributed by atoms with Crippen LogP contribution in [0.5, 0.6) is 5.75 Å². The SMILES string of the molecule is CN(C)C(=O)COc1cccc(S(=O)(=O)n2cc(COC(=O)N(C)C(C)(C)C)cc2C2=CCCCC2)c1. The number of rotatable bonds is 8. The molecule has 0 saturated carbocycles. The molecular formula is C27H37N3O6S. The van der Waals surface area contributed by atoms with Crippen LogP contribution in [0.3, 0.4) is 0 Å². The van der Waals surface area contributed by atoms with Crippen molar-refractivity contribution < 1.29 is 27.5 Å². The molecule has 202 valence electrons. The van der Waals surface area contributed by atoms with E-state index in [0.717, 1.165) is 31.3 Å². The van der Waals surface area contributed by atoms with Gasteiger partial charge in [-0.05, 0) is 70.2 Å². The fourth-order valence-corrected chi connectivity index (χ4v) is 5.15. The van der Waals surface area contributed by atoms with Crippen LogP contribution in [-0.2, 0) is 26.2 Å². The van der Waals surface area contributed by atoms with Crippen molar-refractivity contribution in [1.29, 1.82) is 0 Å². The summed E-state index contributed by atoms with van der Waals surface area (Å²) in [4.78, 5) is 27.3. The van der Waals surface area contributed by atoms with E-state index in [1.165, 1.54) is 32.1 Å². The quantitative estimate of drug-likeness (QED) is 0.497. The first-order valence-electron chi connectivity index (χ1n) is 12.3. The van der Waals surface area contributed by atoms with Crippen LogP contribution < -0.4 is 4.74 Å². The highest BCUT2D eigenvalue weighted by Crippen LogP contribution is 2.31. The molecule has 0 fully saturated rings. The summed E-state index contributed by atoms with van der Waals surface area (Å²) in [5.41, 5.74) is 1.67. The van der Waals surface area contributed by atoms with Gasteiger partial charge in [0.1, 0.15) is 12.4 Å². The molecule has 1 aromatic carbocycles. The van der Waals surface area contributed by atoms with Crippen LogP contribution in [0.2, 0.25) is 0 Å². The maximum absolute atomic E-state index is 13.8. The molecule has 0 unspecified atom stereocenters. The summed E-state index contributed by atoms with van der Waals surface area (Å²) < 4.78 is 39.8. The zero-order valence-corrected chi connectivity index (χ0v) is 23.3. The van der Waals surface area contributed by atoms with Gasteiger partial charge in [-0.1, -0.05) is 12.1 Å². The van der Waals surface area contributed by atoms with E-state index in [0.29, 0.717) is 11.3 Å². The first kappa shape index (κ1) is 28.3. The van der Waals surface area contributed by atoms with Gasteiger partial charge in [-0.25, -0.2) is 17.2 Å². The first-order chi connectivity index (χ1) is 17.3. The predicted molar refractivity (Wildman–Crippen MR) is 142 cm³/mol. The van der Waals surface area contributed by atoms with Crippen molar-refractivity contribution in [3.05, 3.63) is 53.9 Å². The highest BCUT2D eigenvalue weighted by atomic mass is 32.2. The molecule has 0 saturated heterocycles. The lowest BCUT2D eigenvalue weighted by Crippen LogP contribution is -2.42. The van der Waals surface area contributed by atoms with Crippen LogP contribution in [0.15, 0.2) is 47.5 Å². The largest absolute Gasteiger partial charge is 0.484 e. The van der Waals surface area contributed by atoms with E-state index in [4.69, 9.17) is 9.47 Å². The number of amides is 2. The minimum atomic E-state index is -4.00. The van der Waals surface area contributed by atoms with E-state index in [-0.39, 0.29) is 29.8 Å². The minimum Gasteiger partial charge on any atom is -0.484 e. The number of hydrogen-bond acceptors (Lipinski definition) is 6. The summed E-state index contributed by atoms with van der Waals surface area (Å²) in [6.07, 6.45) is 6.77. The normalized spacial score (nSPS) is 14.1. The molecule has 10 heteroatoms. The first-order valence-corrected chi connectivity index (χ1v) is 13.7. The molecular weight excluding hydrogens is 494 g/mol. The molecule has 0 spiro atoms. The number of nitrogens with zero attached hydrogens (tertiary/aromatic N) is 3. The van der Waals surface area contributed by atoms with E-state index >= 15 is 0 Å². The van der Waals surface area contributed by atoms with Gasteiger partial charge >= 0.3 is 6.09 Å². The summed E-state index contributed by atoms with van der Waals surface area (Å²) in [7, 11) is 0.902. The molecule has 37 heavy (non-hydrogen) atoms. The molecule has 0 atom stereocenters. The second-order valence-corrected chi connectivity index (χ2v) is 12.2. The Morgan fingerprint density at radius 1 is 1.08 bits per heavy atom. The topological polar surface area (TPSA) is 98.1 Å². The van der Waals surface area contributed by atoms with Crippen molar-refractivity contribution in [2.45, 2.75) is 63.5 Å². The molecule has 3 rings (SSSR count). The fraction of sp³-hybridized carbons (Fsp3) is 0.481.